The minimum atomic E-state index is -0.0439. The predicted octanol–water partition coefficient (Wildman–Crippen LogP) is 1.53. The molecule has 106 valence electrons. The summed E-state index contributed by atoms with van der Waals surface area (Å²) < 4.78 is 5.73. The molecule has 1 amide bonds. The molecule has 3 heterocycles. The number of aliphatic hydroxyl groups excluding tert-OH is 1. The van der Waals surface area contributed by atoms with Crippen LogP contribution >= 0.6 is 11.3 Å². The number of nitrogens with one attached hydrogen (secondary N) is 1. The van der Waals surface area contributed by atoms with Gasteiger partial charge in [-0.2, -0.15) is 0 Å². The molecule has 2 fully saturated rings. The van der Waals surface area contributed by atoms with Gasteiger partial charge in [0.15, 0.2) is 0 Å². The van der Waals surface area contributed by atoms with Crippen molar-refractivity contribution >= 4 is 17.2 Å². The van der Waals surface area contributed by atoms with E-state index in [0.29, 0.717) is 18.1 Å². The summed E-state index contributed by atoms with van der Waals surface area (Å²) in [6.07, 6.45) is 4.11. The maximum Gasteiger partial charge on any atom is 0.252 e. The molecule has 2 aliphatic rings. The Labute approximate surface area is 122 Å². The first kappa shape index (κ1) is 13.6. The monoisotopic (exact) mass is 291 g/mol. The number of carbonyl (C=O) groups is 1. The molecule has 3 unspecified atom stereocenters. The van der Waals surface area contributed by atoms with Crippen molar-refractivity contribution in [2.24, 2.45) is 0 Å². The molecule has 2 aliphatic heterocycles. The summed E-state index contributed by atoms with van der Waals surface area (Å²) in [7, 11) is 0. The maximum absolute atomic E-state index is 12.2. The van der Waals surface area contributed by atoms with E-state index in [9.17, 15) is 4.79 Å². The van der Waals surface area contributed by atoms with Crippen LogP contribution in [0.1, 0.15) is 40.9 Å². The van der Waals surface area contributed by atoms with E-state index in [1.807, 2.05) is 5.38 Å². The molecule has 0 aromatic carbocycles. The Morgan fingerprint density at radius 3 is 3.15 bits per heavy atom. The van der Waals surface area contributed by atoms with Crippen LogP contribution in [-0.2, 0) is 4.74 Å². The largest absolute Gasteiger partial charge is 0.395 e. The van der Waals surface area contributed by atoms with Crippen LogP contribution in [0.25, 0.3) is 0 Å². The first-order chi connectivity index (χ1) is 9.76. The third-order valence-electron chi connectivity index (χ3n) is 3.73. The van der Waals surface area contributed by atoms with Crippen molar-refractivity contribution in [2.45, 2.75) is 43.9 Å². The number of aliphatic hydroxyl groups is 1. The van der Waals surface area contributed by atoms with Gasteiger partial charge in [-0.15, -0.1) is 11.3 Å². The molecule has 3 atom stereocenters. The van der Waals surface area contributed by atoms with Gasteiger partial charge in [0, 0.05) is 11.8 Å². The summed E-state index contributed by atoms with van der Waals surface area (Å²) in [4.78, 5) is 13.0. The molecule has 0 saturated carbocycles. The molecule has 0 radical (unpaired) electrons. The summed E-state index contributed by atoms with van der Waals surface area (Å²) in [5, 5.41) is 13.6. The highest BCUT2D eigenvalue weighted by Crippen LogP contribution is 2.34. The lowest BCUT2D eigenvalue weighted by molar-refractivity contribution is 0.0841. The van der Waals surface area contributed by atoms with Gasteiger partial charge in [0.2, 0.25) is 0 Å². The van der Waals surface area contributed by atoms with Crippen molar-refractivity contribution in [3.8, 4) is 11.8 Å². The molecule has 1 aromatic heterocycles. The minimum absolute atomic E-state index is 0.0439. The van der Waals surface area contributed by atoms with Gasteiger partial charge in [-0.25, -0.2) is 0 Å². The van der Waals surface area contributed by atoms with Crippen LogP contribution < -0.4 is 5.32 Å². The Morgan fingerprint density at radius 2 is 2.45 bits per heavy atom. The smallest absolute Gasteiger partial charge is 0.252 e. The fourth-order valence-electron chi connectivity index (χ4n) is 2.77. The van der Waals surface area contributed by atoms with Gasteiger partial charge in [0.25, 0.3) is 5.91 Å². The van der Waals surface area contributed by atoms with Gasteiger partial charge < -0.3 is 15.2 Å². The molecule has 3 rings (SSSR count). The van der Waals surface area contributed by atoms with Gasteiger partial charge in [-0.1, -0.05) is 11.8 Å². The molecule has 2 bridgehead atoms. The zero-order valence-corrected chi connectivity index (χ0v) is 11.9. The van der Waals surface area contributed by atoms with Crippen molar-refractivity contribution in [1.82, 2.24) is 5.32 Å². The average molecular weight is 291 g/mol. The number of hydrogen-bond donors (Lipinski definition) is 2. The van der Waals surface area contributed by atoms with Crippen LogP contribution in [0.15, 0.2) is 11.4 Å². The summed E-state index contributed by atoms with van der Waals surface area (Å²) in [5.41, 5.74) is 0.658. The number of carbonyl (C=O) groups excluding carboxylic acids is 1. The van der Waals surface area contributed by atoms with Crippen LogP contribution in [0.5, 0.6) is 0 Å². The summed E-state index contributed by atoms with van der Waals surface area (Å²) in [6, 6.07) is 1.96. The Kier molecular flexibility index (Phi) is 4.06. The van der Waals surface area contributed by atoms with Crippen molar-refractivity contribution in [2.75, 3.05) is 6.61 Å². The number of rotatable bonds is 3. The normalized spacial score (nSPS) is 27.1. The van der Waals surface area contributed by atoms with E-state index in [0.717, 1.165) is 24.1 Å². The number of fused-ring (bicyclic) bond motifs is 2. The predicted molar refractivity (Wildman–Crippen MR) is 76.7 cm³/mol. The molecule has 4 nitrogen and oxygen atoms in total. The van der Waals surface area contributed by atoms with E-state index in [-0.39, 0.29) is 24.7 Å². The first-order valence-electron chi connectivity index (χ1n) is 6.91. The van der Waals surface area contributed by atoms with Crippen molar-refractivity contribution in [1.29, 1.82) is 0 Å². The van der Waals surface area contributed by atoms with Crippen molar-refractivity contribution in [3.63, 3.8) is 0 Å². The third kappa shape index (κ3) is 2.88. The van der Waals surface area contributed by atoms with Crippen LogP contribution in [0.4, 0.5) is 0 Å². The van der Waals surface area contributed by atoms with Crippen LogP contribution in [0.2, 0.25) is 0 Å². The van der Waals surface area contributed by atoms with E-state index >= 15 is 0 Å². The SMILES string of the molecule is O=C(NC1CC2CCC1O2)c1csc(C#CCCO)c1. The topological polar surface area (TPSA) is 58.6 Å². The third-order valence-corrected chi connectivity index (χ3v) is 4.58. The Balaban J connectivity index is 1.59. The minimum Gasteiger partial charge on any atom is -0.395 e. The number of hydrogen-bond acceptors (Lipinski definition) is 4. The van der Waals surface area contributed by atoms with Gasteiger partial charge in [0.1, 0.15) is 0 Å². The highest BCUT2D eigenvalue weighted by Gasteiger charge is 2.41. The van der Waals surface area contributed by atoms with E-state index in [2.05, 4.69) is 17.2 Å². The molecule has 5 heteroatoms. The Hall–Kier alpha value is -1.35. The standard InChI is InChI=1S/C15H17NO3S/c17-6-2-1-3-12-7-10(9-20-12)15(18)16-13-8-11-4-5-14(13)19-11/h7,9,11,13-14,17H,2,4-6,8H2,(H,16,18). The van der Waals surface area contributed by atoms with E-state index < -0.39 is 0 Å². The van der Waals surface area contributed by atoms with E-state index in [4.69, 9.17) is 9.84 Å². The highest BCUT2D eigenvalue weighted by atomic mass is 32.1. The zero-order chi connectivity index (χ0) is 13.9. The second-order valence-electron chi connectivity index (χ2n) is 5.16. The lowest BCUT2D eigenvalue weighted by Crippen LogP contribution is -2.41. The average Bonchev–Trinajstić information content (AvgIpc) is 3.14. The first-order valence-corrected chi connectivity index (χ1v) is 7.79. The van der Waals surface area contributed by atoms with Crippen LogP contribution in [0.3, 0.4) is 0 Å². The Morgan fingerprint density at radius 1 is 1.55 bits per heavy atom. The molecule has 0 spiro atoms. The summed E-state index contributed by atoms with van der Waals surface area (Å²) >= 11 is 1.45. The van der Waals surface area contributed by atoms with Gasteiger partial charge >= 0.3 is 0 Å². The second-order valence-corrected chi connectivity index (χ2v) is 6.08. The molecule has 1 aromatic rings. The fraction of sp³-hybridized carbons (Fsp3) is 0.533. The molecule has 2 N–H and O–H groups in total. The quantitative estimate of drug-likeness (QED) is 0.830. The van der Waals surface area contributed by atoms with E-state index in [1.165, 1.54) is 11.3 Å². The molecular formula is C15H17NO3S. The number of amides is 1. The van der Waals surface area contributed by atoms with Crippen molar-refractivity contribution < 1.29 is 14.6 Å². The maximum atomic E-state index is 12.2. The number of ether oxygens (including phenoxy) is 1. The fourth-order valence-corrected chi connectivity index (χ4v) is 3.52. The molecule has 2 saturated heterocycles. The molecule has 0 aliphatic carbocycles. The van der Waals surface area contributed by atoms with Crippen molar-refractivity contribution in [3.05, 3.63) is 21.9 Å². The van der Waals surface area contributed by atoms with Gasteiger partial charge in [-0.3, -0.25) is 4.79 Å². The van der Waals surface area contributed by atoms with Crippen LogP contribution in [0, 0.1) is 11.8 Å². The Bertz CT molecular complexity index is 557. The summed E-state index contributed by atoms with van der Waals surface area (Å²) in [5.74, 6) is 5.76. The van der Waals surface area contributed by atoms with Gasteiger partial charge in [0.05, 0.1) is 35.3 Å². The lowest BCUT2D eigenvalue weighted by Gasteiger charge is -2.19. The summed E-state index contributed by atoms with van der Waals surface area (Å²) in [6.45, 7) is 0.0654. The number of thiophene rings is 1. The zero-order valence-electron chi connectivity index (χ0n) is 11.1. The molecular weight excluding hydrogens is 274 g/mol. The van der Waals surface area contributed by atoms with Crippen LogP contribution in [-0.4, -0.2) is 35.9 Å². The van der Waals surface area contributed by atoms with Gasteiger partial charge in [-0.05, 0) is 25.3 Å². The highest BCUT2D eigenvalue weighted by molar-refractivity contribution is 7.10. The second kappa shape index (κ2) is 5.96. The molecule has 20 heavy (non-hydrogen) atoms. The van der Waals surface area contributed by atoms with E-state index in [1.54, 1.807) is 6.07 Å². The lowest BCUT2D eigenvalue weighted by atomic mass is 9.95.